The average Bonchev–Trinajstić information content (AvgIpc) is 2.50. The Morgan fingerprint density at radius 3 is 2.71 bits per heavy atom. The van der Waals surface area contributed by atoms with Crippen LogP contribution in [0.25, 0.3) is 10.9 Å². The fourth-order valence-electron chi connectivity index (χ4n) is 2.19. The first kappa shape index (κ1) is 15.0. The van der Waals surface area contributed by atoms with Gasteiger partial charge in [-0.05, 0) is 12.1 Å². The third-order valence-electron chi connectivity index (χ3n) is 3.26. The Balaban J connectivity index is 2.24. The number of aromatic nitrogens is 1. The van der Waals surface area contributed by atoms with Crippen molar-refractivity contribution in [1.82, 2.24) is 10.3 Å². The van der Waals surface area contributed by atoms with Crippen LogP contribution >= 0.6 is 0 Å². The van der Waals surface area contributed by atoms with Gasteiger partial charge in [-0.1, -0.05) is 25.1 Å². The molecule has 5 nitrogen and oxygen atoms in total. The van der Waals surface area contributed by atoms with Gasteiger partial charge in [0.15, 0.2) is 0 Å². The molecule has 1 N–H and O–H groups in total. The Hall–Kier alpha value is -2.43. The molecule has 21 heavy (non-hydrogen) atoms. The van der Waals surface area contributed by atoms with Gasteiger partial charge in [0, 0.05) is 38.0 Å². The van der Waals surface area contributed by atoms with Crippen LogP contribution in [0, 0.1) is 0 Å². The lowest BCUT2D eigenvalue weighted by molar-refractivity contribution is -0.121. The summed E-state index contributed by atoms with van der Waals surface area (Å²) in [5, 5.41) is 3.77. The van der Waals surface area contributed by atoms with Gasteiger partial charge < -0.3 is 10.2 Å². The third kappa shape index (κ3) is 3.56. The van der Waals surface area contributed by atoms with Crippen LogP contribution in [-0.4, -0.2) is 29.9 Å². The number of benzene rings is 1. The first-order valence-corrected chi connectivity index (χ1v) is 7.02. The van der Waals surface area contributed by atoms with Crippen LogP contribution in [0.4, 0.5) is 5.69 Å². The van der Waals surface area contributed by atoms with Gasteiger partial charge in [0.1, 0.15) is 0 Å². The second-order valence-electron chi connectivity index (χ2n) is 4.73. The van der Waals surface area contributed by atoms with Gasteiger partial charge >= 0.3 is 0 Å². The molecule has 0 radical (unpaired) electrons. The highest BCUT2D eigenvalue weighted by Crippen LogP contribution is 2.24. The molecule has 110 valence electrons. The number of rotatable bonds is 5. The number of hydrogen-bond acceptors (Lipinski definition) is 3. The van der Waals surface area contributed by atoms with E-state index in [0.29, 0.717) is 19.5 Å². The van der Waals surface area contributed by atoms with Crippen molar-refractivity contribution in [3.63, 3.8) is 0 Å². The minimum absolute atomic E-state index is 0.0189. The number of carbonyl (C=O) groups excluding carboxylic acids is 2. The predicted molar refractivity (Wildman–Crippen MR) is 83.1 cm³/mol. The molecule has 0 bridgehead atoms. The molecule has 0 aliphatic carbocycles. The van der Waals surface area contributed by atoms with Gasteiger partial charge in [-0.2, -0.15) is 0 Å². The SMILES string of the molecule is CCC(=O)NCCN(C(C)=O)c1cccc2cccnc12. The molecule has 0 saturated heterocycles. The molecule has 0 aliphatic rings. The molecular weight excluding hydrogens is 266 g/mol. The van der Waals surface area contributed by atoms with Crippen molar-refractivity contribution < 1.29 is 9.59 Å². The fraction of sp³-hybridized carbons (Fsp3) is 0.312. The van der Waals surface area contributed by atoms with E-state index in [9.17, 15) is 9.59 Å². The summed E-state index contributed by atoms with van der Waals surface area (Å²) in [6, 6.07) is 9.57. The van der Waals surface area contributed by atoms with E-state index in [2.05, 4.69) is 10.3 Å². The second-order valence-corrected chi connectivity index (χ2v) is 4.73. The maximum absolute atomic E-state index is 11.9. The van der Waals surface area contributed by atoms with Crippen molar-refractivity contribution in [3.8, 4) is 0 Å². The quantitative estimate of drug-likeness (QED) is 0.915. The first-order valence-electron chi connectivity index (χ1n) is 7.02. The second kappa shape index (κ2) is 6.83. The number of pyridine rings is 1. The largest absolute Gasteiger partial charge is 0.354 e. The minimum Gasteiger partial charge on any atom is -0.354 e. The molecule has 2 amide bonds. The van der Waals surface area contributed by atoms with E-state index in [4.69, 9.17) is 0 Å². The van der Waals surface area contributed by atoms with E-state index in [0.717, 1.165) is 16.6 Å². The van der Waals surface area contributed by atoms with Gasteiger partial charge in [0.2, 0.25) is 11.8 Å². The van der Waals surface area contributed by atoms with Crippen LogP contribution < -0.4 is 10.2 Å². The van der Waals surface area contributed by atoms with Crippen LogP contribution in [0.1, 0.15) is 20.3 Å². The molecule has 0 saturated carbocycles. The van der Waals surface area contributed by atoms with Crippen molar-refractivity contribution in [3.05, 3.63) is 36.5 Å². The maximum Gasteiger partial charge on any atom is 0.223 e. The van der Waals surface area contributed by atoms with E-state index in [1.165, 1.54) is 6.92 Å². The molecule has 1 aromatic heterocycles. The third-order valence-corrected chi connectivity index (χ3v) is 3.26. The highest BCUT2D eigenvalue weighted by Gasteiger charge is 2.14. The van der Waals surface area contributed by atoms with E-state index in [-0.39, 0.29) is 11.8 Å². The van der Waals surface area contributed by atoms with E-state index < -0.39 is 0 Å². The zero-order valence-electron chi connectivity index (χ0n) is 12.3. The molecule has 1 heterocycles. The van der Waals surface area contributed by atoms with Crippen LogP contribution in [0.2, 0.25) is 0 Å². The van der Waals surface area contributed by atoms with E-state index >= 15 is 0 Å². The van der Waals surface area contributed by atoms with Crippen LogP contribution in [0.15, 0.2) is 36.5 Å². The molecular formula is C16H19N3O2. The molecule has 0 spiro atoms. The highest BCUT2D eigenvalue weighted by molar-refractivity contribution is 6.01. The van der Waals surface area contributed by atoms with Crippen LogP contribution in [0.5, 0.6) is 0 Å². The topological polar surface area (TPSA) is 62.3 Å². The van der Waals surface area contributed by atoms with E-state index in [1.54, 1.807) is 18.0 Å². The number of nitrogens with zero attached hydrogens (tertiary/aromatic N) is 2. The average molecular weight is 285 g/mol. The molecule has 1 aromatic carbocycles. The monoisotopic (exact) mass is 285 g/mol. The van der Waals surface area contributed by atoms with Gasteiger partial charge in [-0.25, -0.2) is 0 Å². The predicted octanol–water partition coefficient (Wildman–Crippen LogP) is 2.11. The van der Waals surface area contributed by atoms with Crippen molar-refractivity contribution in [1.29, 1.82) is 0 Å². The molecule has 0 unspecified atom stereocenters. The lowest BCUT2D eigenvalue weighted by Crippen LogP contribution is -2.37. The Kier molecular flexibility index (Phi) is 4.87. The number of amides is 2. The van der Waals surface area contributed by atoms with Gasteiger partial charge in [-0.15, -0.1) is 0 Å². The molecule has 5 heteroatoms. The molecule has 0 aliphatic heterocycles. The lowest BCUT2D eigenvalue weighted by Gasteiger charge is -2.22. The number of para-hydroxylation sites is 1. The molecule has 2 rings (SSSR count). The Bertz CT molecular complexity index is 650. The lowest BCUT2D eigenvalue weighted by atomic mass is 10.1. The zero-order chi connectivity index (χ0) is 15.2. The van der Waals surface area contributed by atoms with Crippen molar-refractivity contribution in [2.75, 3.05) is 18.0 Å². The van der Waals surface area contributed by atoms with Crippen molar-refractivity contribution in [2.45, 2.75) is 20.3 Å². The summed E-state index contributed by atoms with van der Waals surface area (Å²) < 4.78 is 0. The summed E-state index contributed by atoms with van der Waals surface area (Å²) in [5.74, 6) is -0.0894. The smallest absolute Gasteiger partial charge is 0.223 e. The zero-order valence-corrected chi connectivity index (χ0v) is 12.3. The molecule has 2 aromatic rings. The summed E-state index contributed by atoms with van der Waals surface area (Å²) in [5.41, 5.74) is 1.56. The number of hydrogen-bond donors (Lipinski definition) is 1. The van der Waals surface area contributed by atoms with E-state index in [1.807, 2.05) is 30.3 Å². The fourth-order valence-corrected chi connectivity index (χ4v) is 2.19. The number of anilines is 1. The standard InChI is InChI=1S/C16H19N3O2/c1-3-15(21)17-10-11-19(12(2)20)14-8-4-6-13-7-5-9-18-16(13)14/h4-9H,3,10-11H2,1-2H3,(H,17,21). The van der Waals surface area contributed by atoms with Gasteiger partial charge in [0.25, 0.3) is 0 Å². The summed E-state index contributed by atoms with van der Waals surface area (Å²) in [6.07, 6.45) is 2.15. The molecule has 0 atom stereocenters. The first-order chi connectivity index (χ1) is 10.1. The maximum atomic E-state index is 11.9. The highest BCUT2D eigenvalue weighted by atomic mass is 16.2. The van der Waals surface area contributed by atoms with Crippen molar-refractivity contribution >= 4 is 28.4 Å². The van der Waals surface area contributed by atoms with Gasteiger partial charge in [-0.3, -0.25) is 14.6 Å². The minimum atomic E-state index is -0.0705. The Morgan fingerprint density at radius 2 is 2.00 bits per heavy atom. The Labute approximate surface area is 124 Å². The number of fused-ring (bicyclic) bond motifs is 1. The summed E-state index contributed by atoms with van der Waals surface area (Å²) in [7, 11) is 0. The Morgan fingerprint density at radius 1 is 1.24 bits per heavy atom. The molecule has 0 fully saturated rings. The number of carbonyl (C=O) groups is 2. The van der Waals surface area contributed by atoms with Gasteiger partial charge in [0.05, 0.1) is 11.2 Å². The normalized spacial score (nSPS) is 10.4. The summed E-state index contributed by atoms with van der Waals surface area (Å²) in [6.45, 7) is 4.17. The number of nitrogens with one attached hydrogen (secondary N) is 1. The van der Waals surface area contributed by atoms with Crippen molar-refractivity contribution in [2.24, 2.45) is 0 Å². The summed E-state index contributed by atoms with van der Waals surface area (Å²) in [4.78, 5) is 29.2. The summed E-state index contributed by atoms with van der Waals surface area (Å²) >= 11 is 0. The van der Waals surface area contributed by atoms with Crippen LogP contribution in [-0.2, 0) is 9.59 Å². The van der Waals surface area contributed by atoms with Crippen LogP contribution in [0.3, 0.4) is 0 Å².